The number of rotatable bonds is 7. The highest BCUT2D eigenvalue weighted by atomic mass is 16.5. The lowest BCUT2D eigenvalue weighted by molar-refractivity contribution is 0.199. The average Bonchev–Trinajstić information content (AvgIpc) is 2.79. The van der Waals surface area contributed by atoms with Gasteiger partial charge < -0.3 is 10.1 Å². The van der Waals surface area contributed by atoms with Crippen molar-refractivity contribution in [2.75, 3.05) is 20.3 Å². The molecule has 0 atom stereocenters. The Labute approximate surface area is 126 Å². The smallest absolute Gasteiger partial charge is 0.153 e. The fourth-order valence-corrected chi connectivity index (χ4v) is 2.46. The fourth-order valence-electron chi connectivity index (χ4n) is 2.46. The van der Waals surface area contributed by atoms with Crippen LogP contribution in [0.15, 0.2) is 18.3 Å². The topological polar surface area (TPSA) is 52.0 Å². The van der Waals surface area contributed by atoms with E-state index in [2.05, 4.69) is 42.2 Å². The van der Waals surface area contributed by atoms with Gasteiger partial charge in [-0.2, -0.15) is 5.10 Å². The lowest BCUT2D eigenvalue weighted by Crippen LogP contribution is -2.18. The SMILES string of the molecule is CCc1c(C)nn(-c2ccc(CNCCOC)cn2)c1C. The first-order chi connectivity index (χ1) is 10.2. The van der Waals surface area contributed by atoms with Gasteiger partial charge in [-0.1, -0.05) is 13.0 Å². The van der Waals surface area contributed by atoms with E-state index in [4.69, 9.17) is 4.74 Å². The maximum absolute atomic E-state index is 5.00. The zero-order valence-corrected chi connectivity index (χ0v) is 13.3. The van der Waals surface area contributed by atoms with Crippen LogP contribution in [0.1, 0.15) is 29.4 Å². The largest absolute Gasteiger partial charge is 0.383 e. The highest BCUT2D eigenvalue weighted by molar-refractivity contribution is 5.33. The number of aryl methyl sites for hydroxylation is 1. The van der Waals surface area contributed by atoms with Crippen LogP contribution in [0.5, 0.6) is 0 Å². The van der Waals surface area contributed by atoms with Crippen molar-refractivity contribution in [3.05, 3.63) is 40.8 Å². The average molecular weight is 288 g/mol. The normalized spacial score (nSPS) is 11.0. The highest BCUT2D eigenvalue weighted by Gasteiger charge is 2.11. The van der Waals surface area contributed by atoms with Gasteiger partial charge in [0, 0.05) is 32.1 Å². The number of hydrogen-bond donors (Lipinski definition) is 1. The van der Waals surface area contributed by atoms with Gasteiger partial charge in [0.15, 0.2) is 5.82 Å². The molecule has 0 amide bonds. The molecule has 0 aliphatic heterocycles. The van der Waals surface area contributed by atoms with E-state index < -0.39 is 0 Å². The van der Waals surface area contributed by atoms with Gasteiger partial charge in [0.05, 0.1) is 12.3 Å². The molecule has 0 aromatic carbocycles. The van der Waals surface area contributed by atoms with Crippen LogP contribution in [0.4, 0.5) is 0 Å². The van der Waals surface area contributed by atoms with Gasteiger partial charge in [-0.15, -0.1) is 0 Å². The first-order valence-electron chi connectivity index (χ1n) is 7.37. The lowest BCUT2D eigenvalue weighted by Gasteiger charge is -2.07. The van der Waals surface area contributed by atoms with Crippen molar-refractivity contribution in [2.24, 2.45) is 0 Å². The van der Waals surface area contributed by atoms with Crippen LogP contribution in [-0.2, 0) is 17.7 Å². The standard InChI is InChI=1S/C16H24N4O/c1-5-15-12(2)19-20(13(15)3)16-7-6-14(11-18-16)10-17-8-9-21-4/h6-7,11,17H,5,8-10H2,1-4H3. The molecule has 2 aromatic rings. The first kappa shape index (κ1) is 15.7. The minimum atomic E-state index is 0.719. The maximum atomic E-state index is 5.00. The quantitative estimate of drug-likeness (QED) is 0.793. The Kier molecular flexibility index (Phi) is 5.47. The summed E-state index contributed by atoms with van der Waals surface area (Å²) in [4.78, 5) is 4.53. The molecule has 114 valence electrons. The Bertz CT molecular complexity index is 575. The molecule has 2 heterocycles. The Balaban J connectivity index is 2.08. The number of hydrogen-bond acceptors (Lipinski definition) is 4. The van der Waals surface area contributed by atoms with Crippen molar-refractivity contribution in [1.29, 1.82) is 0 Å². The third-order valence-electron chi connectivity index (χ3n) is 3.63. The second kappa shape index (κ2) is 7.33. The van der Waals surface area contributed by atoms with Crippen molar-refractivity contribution < 1.29 is 4.74 Å². The molecule has 5 nitrogen and oxygen atoms in total. The van der Waals surface area contributed by atoms with Crippen LogP contribution < -0.4 is 5.32 Å². The van der Waals surface area contributed by atoms with Crippen LogP contribution in [0.2, 0.25) is 0 Å². The molecular weight excluding hydrogens is 264 g/mol. The molecule has 0 fully saturated rings. The minimum absolute atomic E-state index is 0.719. The van der Waals surface area contributed by atoms with E-state index in [1.165, 1.54) is 11.3 Å². The molecule has 0 bridgehead atoms. The van der Waals surface area contributed by atoms with E-state index in [-0.39, 0.29) is 0 Å². The van der Waals surface area contributed by atoms with Gasteiger partial charge in [-0.3, -0.25) is 0 Å². The third kappa shape index (κ3) is 3.68. The van der Waals surface area contributed by atoms with Crippen LogP contribution in [0.25, 0.3) is 5.82 Å². The first-order valence-corrected chi connectivity index (χ1v) is 7.37. The predicted octanol–water partition coefficient (Wildman–Crippen LogP) is 2.18. The van der Waals surface area contributed by atoms with Gasteiger partial charge in [-0.25, -0.2) is 9.67 Å². The molecule has 2 aromatic heterocycles. The van der Waals surface area contributed by atoms with Crippen molar-refractivity contribution in [2.45, 2.75) is 33.7 Å². The second-order valence-corrected chi connectivity index (χ2v) is 5.11. The number of aromatic nitrogens is 3. The molecule has 5 heteroatoms. The van der Waals surface area contributed by atoms with E-state index in [0.29, 0.717) is 0 Å². The van der Waals surface area contributed by atoms with Gasteiger partial charge in [0.1, 0.15) is 0 Å². The molecule has 2 rings (SSSR count). The Morgan fingerprint density at radius 2 is 2.10 bits per heavy atom. The van der Waals surface area contributed by atoms with Gasteiger partial charge in [0.2, 0.25) is 0 Å². The molecule has 0 aliphatic rings. The third-order valence-corrected chi connectivity index (χ3v) is 3.63. The summed E-state index contributed by atoms with van der Waals surface area (Å²) in [5, 5.41) is 7.90. The summed E-state index contributed by atoms with van der Waals surface area (Å²) < 4.78 is 6.93. The Morgan fingerprint density at radius 1 is 1.29 bits per heavy atom. The van der Waals surface area contributed by atoms with Crippen LogP contribution in [0.3, 0.4) is 0 Å². The van der Waals surface area contributed by atoms with Crippen LogP contribution >= 0.6 is 0 Å². The maximum Gasteiger partial charge on any atom is 0.153 e. The number of nitrogens with zero attached hydrogens (tertiary/aromatic N) is 3. The van der Waals surface area contributed by atoms with Crippen LogP contribution in [0, 0.1) is 13.8 Å². The fraction of sp³-hybridized carbons (Fsp3) is 0.500. The summed E-state index contributed by atoms with van der Waals surface area (Å²) in [6.45, 7) is 8.67. The predicted molar refractivity (Wildman–Crippen MR) is 83.8 cm³/mol. The molecular formula is C16H24N4O. The van der Waals surface area contributed by atoms with Gasteiger partial charge in [0.25, 0.3) is 0 Å². The van der Waals surface area contributed by atoms with E-state index in [1.54, 1.807) is 7.11 Å². The Hall–Kier alpha value is -1.72. The minimum Gasteiger partial charge on any atom is -0.383 e. The molecule has 0 radical (unpaired) electrons. The second-order valence-electron chi connectivity index (χ2n) is 5.11. The number of nitrogens with one attached hydrogen (secondary N) is 1. The molecule has 1 N–H and O–H groups in total. The summed E-state index contributed by atoms with van der Waals surface area (Å²) in [6, 6.07) is 4.11. The van der Waals surface area contributed by atoms with Crippen LogP contribution in [-0.4, -0.2) is 35.0 Å². The van der Waals surface area contributed by atoms with E-state index >= 15 is 0 Å². The number of methoxy groups -OCH3 is 1. The summed E-state index contributed by atoms with van der Waals surface area (Å²) in [7, 11) is 1.71. The highest BCUT2D eigenvalue weighted by Crippen LogP contribution is 2.17. The molecule has 0 spiro atoms. The van der Waals surface area contributed by atoms with E-state index in [9.17, 15) is 0 Å². The summed E-state index contributed by atoms with van der Waals surface area (Å²) in [5.41, 5.74) is 4.73. The van der Waals surface area contributed by atoms with Gasteiger partial charge in [-0.05, 0) is 37.5 Å². The number of pyridine rings is 1. The molecule has 21 heavy (non-hydrogen) atoms. The zero-order chi connectivity index (χ0) is 15.2. The van der Waals surface area contributed by atoms with Crippen molar-refractivity contribution in [1.82, 2.24) is 20.1 Å². The monoisotopic (exact) mass is 288 g/mol. The van der Waals surface area contributed by atoms with E-state index in [0.717, 1.165) is 43.2 Å². The van der Waals surface area contributed by atoms with Crippen molar-refractivity contribution in [3.8, 4) is 5.82 Å². The summed E-state index contributed by atoms with van der Waals surface area (Å²) >= 11 is 0. The molecule has 0 unspecified atom stereocenters. The Morgan fingerprint density at radius 3 is 2.67 bits per heavy atom. The van der Waals surface area contributed by atoms with Crippen molar-refractivity contribution >= 4 is 0 Å². The summed E-state index contributed by atoms with van der Waals surface area (Å²) in [5.74, 6) is 0.871. The number of ether oxygens (including phenoxy) is 1. The molecule has 0 aliphatic carbocycles. The summed E-state index contributed by atoms with van der Waals surface area (Å²) in [6.07, 6.45) is 2.90. The van der Waals surface area contributed by atoms with E-state index in [1.807, 2.05) is 16.9 Å². The lowest BCUT2D eigenvalue weighted by atomic mass is 10.1. The van der Waals surface area contributed by atoms with Crippen molar-refractivity contribution in [3.63, 3.8) is 0 Å². The molecule has 0 saturated heterocycles. The molecule has 0 saturated carbocycles. The van der Waals surface area contributed by atoms with Gasteiger partial charge >= 0.3 is 0 Å². The zero-order valence-electron chi connectivity index (χ0n) is 13.3.